The zero-order valence-corrected chi connectivity index (χ0v) is 20.1. The smallest absolute Gasteiger partial charge is 0.416 e. The molecule has 5 nitrogen and oxygen atoms in total. The van der Waals surface area contributed by atoms with Crippen LogP contribution in [-0.2, 0) is 28.4 Å². The Morgan fingerprint density at radius 2 is 1.65 bits per heavy atom. The lowest BCUT2D eigenvalue weighted by Crippen LogP contribution is -2.51. The summed E-state index contributed by atoms with van der Waals surface area (Å²) >= 11 is 0. The minimum atomic E-state index is -5.06. The highest BCUT2D eigenvalue weighted by Gasteiger charge is 2.43. The van der Waals surface area contributed by atoms with E-state index in [-0.39, 0.29) is 12.6 Å². The van der Waals surface area contributed by atoms with E-state index >= 15 is 4.39 Å². The molecule has 37 heavy (non-hydrogen) atoms. The van der Waals surface area contributed by atoms with Crippen molar-refractivity contribution in [3.05, 3.63) is 71.1 Å². The normalized spacial score (nSPS) is 21.9. The second-order valence-corrected chi connectivity index (χ2v) is 9.02. The Morgan fingerprint density at radius 3 is 2.16 bits per heavy atom. The Kier molecular flexibility index (Phi) is 8.09. The second kappa shape index (κ2) is 10.6. The molecule has 0 aromatic heterocycles. The van der Waals surface area contributed by atoms with Crippen LogP contribution in [0, 0.1) is 5.92 Å². The van der Waals surface area contributed by atoms with E-state index < -0.39 is 77.5 Å². The number of fused-ring (bicyclic) bond motifs is 1. The Morgan fingerprint density at radius 1 is 1.05 bits per heavy atom. The standard InChI is InChI=1S/C25H25F7N2O3/c1-14(2)37-23(36)33-9-5-8-21(22-19(26)6-4-7-20(22)33)34(15(3)35)13-16-10-17(24(27,28)29)12-18(11-16)25(30,31)32/h4-8,10-12,14,20-22H,9,13H2,1-3H3. The molecule has 0 fully saturated rings. The van der Waals surface area contributed by atoms with Crippen LogP contribution in [0.5, 0.6) is 0 Å². The van der Waals surface area contributed by atoms with Crippen molar-refractivity contribution in [2.45, 2.75) is 57.9 Å². The quantitative estimate of drug-likeness (QED) is 0.338. The third kappa shape index (κ3) is 6.53. The first-order chi connectivity index (χ1) is 17.1. The molecule has 12 heteroatoms. The lowest BCUT2D eigenvalue weighted by molar-refractivity contribution is -0.143. The molecule has 0 radical (unpaired) electrons. The van der Waals surface area contributed by atoms with Crippen molar-refractivity contribution in [3.63, 3.8) is 0 Å². The summed E-state index contributed by atoms with van der Waals surface area (Å²) in [5, 5.41) is 0. The molecule has 3 rings (SSSR count). The summed E-state index contributed by atoms with van der Waals surface area (Å²) in [7, 11) is 0. The predicted octanol–water partition coefficient (Wildman–Crippen LogP) is 6.27. The summed E-state index contributed by atoms with van der Waals surface area (Å²) in [5.41, 5.74) is -3.48. The first-order valence-electron chi connectivity index (χ1n) is 11.3. The fourth-order valence-corrected chi connectivity index (χ4v) is 4.37. The van der Waals surface area contributed by atoms with Crippen LogP contribution in [0.4, 0.5) is 35.5 Å². The third-order valence-corrected chi connectivity index (χ3v) is 5.95. The number of amides is 2. The first-order valence-corrected chi connectivity index (χ1v) is 11.3. The van der Waals surface area contributed by atoms with Gasteiger partial charge < -0.3 is 9.64 Å². The highest BCUT2D eigenvalue weighted by molar-refractivity contribution is 5.74. The largest absolute Gasteiger partial charge is 0.447 e. The Bertz CT molecular complexity index is 1090. The second-order valence-electron chi connectivity index (χ2n) is 9.02. The number of carbonyl (C=O) groups is 2. The van der Waals surface area contributed by atoms with E-state index in [0.29, 0.717) is 12.1 Å². The third-order valence-electron chi connectivity index (χ3n) is 5.95. The van der Waals surface area contributed by atoms with E-state index in [2.05, 4.69) is 0 Å². The summed E-state index contributed by atoms with van der Waals surface area (Å²) in [6, 6.07) is -0.991. The van der Waals surface area contributed by atoms with Gasteiger partial charge in [0.2, 0.25) is 5.91 Å². The summed E-state index contributed by atoms with van der Waals surface area (Å²) in [4.78, 5) is 27.6. The van der Waals surface area contributed by atoms with Gasteiger partial charge in [-0.2, -0.15) is 26.3 Å². The van der Waals surface area contributed by atoms with Gasteiger partial charge in [-0.15, -0.1) is 0 Å². The van der Waals surface area contributed by atoms with E-state index in [4.69, 9.17) is 4.74 Å². The maximum Gasteiger partial charge on any atom is 0.416 e. The number of benzene rings is 1. The SMILES string of the molecule is CC(=O)N(Cc1cc(C(F)(F)F)cc(C(F)(F)F)c1)C1C=CCN(C(=O)OC(C)C)C2C=CC=C(F)C12. The average Bonchev–Trinajstić information content (AvgIpc) is 2.96. The number of nitrogens with zero attached hydrogens (tertiary/aromatic N) is 2. The van der Waals surface area contributed by atoms with E-state index in [9.17, 15) is 35.9 Å². The van der Waals surface area contributed by atoms with E-state index in [1.807, 2.05) is 0 Å². The number of allylic oxidation sites excluding steroid dienone is 2. The Balaban J connectivity index is 2.04. The summed E-state index contributed by atoms with van der Waals surface area (Å²) in [6.07, 6.45) is -4.40. The Hall–Kier alpha value is -3.31. The van der Waals surface area contributed by atoms with E-state index in [0.717, 1.165) is 17.9 Å². The number of hydrogen-bond acceptors (Lipinski definition) is 3. The van der Waals surface area contributed by atoms with Crippen LogP contribution in [-0.4, -0.2) is 46.5 Å². The lowest BCUT2D eigenvalue weighted by Gasteiger charge is -2.40. The van der Waals surface area contributed by atoms with Crippen LogP contribution in [0.2, 0.25) is 0 Å². The van der Waals surface area contributed by atoms with Crippen LogP contribution in [0.15, 0.2) is 54.4 Å². The molecule has 1 aromatic rings. The first kappa shape index (κ1) is 28.3. The topological polar surface area (TPSA) is 49.9 Å². The Labute approximate surface area is 208 Å². The zero-order valence-electron chi connectivity index (χ0n) is 20.1. The van der Waals surface area contributed by atoms with Gasteiger partial charge in [0.05, 0.1) is 35.2 Å². The van der Waals surface area contributed by atoms with Crippen molar-refractivity contribution in [2.24, 2.45) is 5.92 Å². The maximum atomic E-state index is 15.2. The van der Waals surface area contributed by atoms with Crippen molar-refractivity contribution in [1.29, 1.82) is 0 Å². The molecule has 1 heterocycles. The maximum absolute atomic E-state index is 15.2. The molecular weight excluding hydrogens is 509 g/mol. The molecule has 1 aromatic carbocycles. The molecule has 0 bridgehead atoms. The monoisotopic (exact) mass is 534 g/mol. The molecule has 0 saturated heterocycles. The number of carbonyl (C=O) groups excluding carboxylic acids is 2. The van der Waals surface area contributed by atoms with Crippen molar-refractivity contribution >= 4 is 12.0 Å². The van der Waals surface area contributed by atoms with Gasteiger partial charge in [-0.1, -0.05) is 24.3 Å². The van der Waals surface area contributed by atoms with E-state index in [1.165, 1.54) is 29.2 Å². The molecule has 3 atom stereocenters. The molecule has 0 N–H and O–H groups in total. The number of rotatable bonds is 4. The van der Waals surface area contributed by atoms with Gasteiger partial charge in [0.1, 0.15) is 5.83 Å². The number of halogens is 7. The molecule has 1 aliphatic heterocycles. The van der Waals surface area contributed by atoms with Gasteiger partial charge >= 0.3 is 18.4 Å². The predicted molar refractivity (Wildman–Crippen MR) is 120 cm³/mol. The zero-order chi connectivity index (χ0) is 27.7. The van der Waals surface area contributed by atoms with Gasteiger partial charge in [0, 0.05) is 20.0 Å². The fraction of sp³-hybridized carbons (Fsp3) is 0.440. The summed E-state index contributed by atoms with van der Waals surface area (Å²) in [5.74, 6) is -2.59. The van der Waals surface area contributed by atoms with Gasteiger partial charge in [-0.05, 0) is 43.7 Å². The van der Waals surface area contributed by atoms with Gasteiger partial charge in [0.25, 0.3) is 0 Å². The molecule has 202 valence electrons. The number of ether oxygens (including phenoxy) is 1. The van der Waals surface area contributed by atoms with Crippen molar-refractivity contribution in [1.82, 2.24) is 9.80 Å². The molecule has 3 unspecified atom stereocenters. The average molecular weight is 534 g/mol. The molecule has 0 saturated carbocycles. The van der Waals surface area contributed by atoms with E-state index in [1.54, 1.807) is 13.8 Å². The van der Waals surface area contributed by atoms with Crippen LogP contribution < -0.4 is 0 Å². The van der Waals surface area contributed by atoms with Gasteiger partial charge in [0.15, 0.2) is 0 Å². The molecule has 2 amide bonds. The van der Waals surface area contributed by atoms with Crippen LogP contribution in [0.3, 0.4) is 0 Å². The van der Waals surface area contributed by atoms with Gasteiger partial charge in [-0.25, -0.2) is 9.18 Å². The van der Waals surface area contributed by atoms with Crippen molar-refractivity contribution in [3.8, 4) is 0 Å². The van der Waals surface area contributed by atoms with Gasteiger partial charge in [-0.3, -0.25) is 9.69 Å². The molecule has 1 aliphatic carbocycles. The van der Waals surface area contributed by atoms with Crippen LogP contribution in [0.1, 0.15) is 37.5 Å². The number of hydrogen-bond donors (Lipinski definition) is 0. The van der Waals surface area contributed by atoms with Crippen molar-refractivity contribution < 1.29 is 45.1 Å². The molecular formula is C25H25F7N2O3. The van der Waals surface area contributed by atoms with Crippen molar-refractivity contribution in [2.75, 3.05) is 6.54 Å². The molecule has 0 spiro atoms. The number of alkyl halides is 6. The minimum absolute atomic E-state index is 0.00423. The van der Waals surface area contributed by atoms with Crippen LogP contribution >= 0.6 is 0 Å². The summed E-state index contributed by atoms with van der Waals surface area (Å²) < 4.78 is 101. The highest BCUT2D eigenvalue weighted by Crippen LogP contribution is 2.38. The van der Waals surface area contributed by atoms with Crippen LogP contribution in [0.25, 0.3) is 0 Å². The lowest BCUT2D eigenvalue weighted by atomic mass is 9.85. The fourth-order valence-electron chi connectivity index (χ4n) is 4.37. The minimum Gasteiger partial charge on any atom is -0.447 e. The highest BCUT2D eigenvalue weighted by atomic mass is 19.4. The molecule has 2 aliphatic rings. The summed E-state index contributed by atoms with van der Waals surface area (Å²) in [6.45, 7) is 3.66.